The van der Waals surface area contributed by atoms with Crippen LogP contribution in [0.25, 0.3) is 0 Å². The van der Waals surface area contributed by atoms with Crippen molar-refractivity contribution < 1.29 is 14.2 Å². The number of halogens is 1. The van der Waals surface area contributed by atoms with Crippen molar-refractivity contribution in [1.82, 2.24) is 9.55 Å². The summed E-state index contributed by atoms with van der Waals surface area (Å²) in [6, 6.07) is 5.69. The first-order chi connectivity index (χ1) is 8.24. The fraction of sp³-hybridized carbons (Fsp3) is 0.250. The van der Waals surface area contributed by atoms with E-state index in [2.05, 4.69) is 4.98 Å². The Morgan fingerprint density at radius 1 is 1.35 bits per heavy atom. The molecule has 0 unspecified atom stereocenters. The van der Waals surface area contributed by atoms with Crippen LogP contribution in [0.1, 0.15) is 0 Å². The third-order valence-corrected chi connectivity index (χ3v) is 2.24. The second-order valence-corrected chi connectivity index (χ2v) is 3.68. The number of hydrogen-bond acceptors (Lipinski definition) is 3. The molecule has 90 valence electrons. The number of ether oxygens (including phenoxy) is 1. The molecule has 17 heavy (non-hydrogen) atoms. The van der Waals surface area contributed by atoms with Gasteiger partial charge < -0.3 is 14.4 Å². The van der Waals surface area contributed by atoms with Gasteiger partial charge in [-0.2, -0.15) is 0 Å². The van der Waals surface area contributed by atoms with Gasteiger partial charge in [0.2, 0.25) is 0 Å². The molecular weight excluding hydrogens is 223 g/mol. The monoisotopic (exact) mass is 236 g/mol. The molecule has 5 heteroatoms. The molecule has 1 N–H and O–H groups in total. The summed E-state index contributed by atoms with van der Waals surface area (Å²) in [6.45, 7) is 0.574. The normalized spacial score (nSPS) is 12.4. The van der Waals surface area contributed by atoms with Crippen LogP contribution < -0.4 is 4.74 Å². The van der Waals surface area contributed by atoms with Gasteiger partial charge in [-0.1, -0.05) is 0 Å². The highest BCUT2D eigenvalue weighted by atomic mass is 19.1. The number of rotatable bonds is 5. The van der Waals surface area contributed by atoms with Crippen molar-refractivity contribution in [1.29, 1.82) is 0 Å². The van der Waals surface area contributed by atoms with Gasteiger partial charge in [-0.3, -0.25) is 0 Å². The van der Waals surface area contributed by atoms with Crippen molar-refractivity contribution in [2.24, 2.45) is 0 Å². The number of aromatic nitrogens is 2. The van der Waals surface area contributed by atoms with E-state index >= 15 is 0 Å². The maximum atomic E-state index is 12.6. The molecule has 0 radical (unpaired) electrons. The first kappa shape index (κ1) is 11.6. The largest absolute Gasteiger partial charge is 0.491 e. The zero-order valence-corrected chi connectivity index (χ0v) is 9.16. The Morgan fingerprint density at radius 3 is 2.76 bits per heavy atom. The van der Waals surface area contributed by atoms with Crippen molar-refractivity contribution in [3.63, 3.8) is 0 Å². The Labute approximate surface area is 98.3 Å². The number of nitrogens with zero attached hydrogens (tertiary/aromatic N) is 2. The van der Waals surface area contributed by atoms with Crippen LogP contribution in [-0.4, -0.2) is 27.4 Å². The molecule has 0 bridgehead atoms. The lowest BCUT2D eigenvalue weighted by Crippen LogP contribution is -2.22. The van der Waals surface area contributed by atoms with Gasteiger partial charge >= 0.3 is 0 Å². The van der Waals surface area contributed by atoms with E-state index in [1.54, 1.807) is 23.3 Å². The van der Waals surface area contributed by atoms with Crippen LogP contribution in [0.4, 0.5) is 4.39 Å². The van der Waals surface area contributed by atoms with Crippen molar-refractivity contribution in [3.05, 3.63) is 48.8 Å². The molecule has 0 aliphatic carbocycles. The summed E-state index contributed by atoms with van der Waals surface area (Å²) in [7, 11) is 0. The summed E-state index contributed by atoms with van der Waals surface area (Å²) in [5.41, 5.74) is 0. The fourth-order valence-corrected chi connectivity index (χ4v) is 1.41. The molecule has 1 aromatic carbocycles. The van der Waals surface area contributed by atoms with Gasteiger partial charge in [0.15, 0.2) is 0 Å². The zero-order valence-electron chi connectivity index (χ0n) is 9.16. The van der Waals surface area contributed by atoms with Crippen LogP contribution >= 0.6 is 0 Å². The quantitative estimate of drug-likeness (QED) is 0.855. The second kappa shape index (κ2) is 5.45. The Hall–Kier alpha value is -1.88. The second-order valence-electron chi connectivity index (χ2n) is 3.68. The molecule has 4 nitrogen and oxygen atoms in total. The Bertz CT molecular complexity index is 442. The molecule has 0 fully saturated rings. The average Bonchev–Trinajstić information content (AvgIpc) is 2.81. The van der Waals surface area contributed by atoms with Crippen molar-refractivity contribution >= 4 is 0 Å². The number of imidazole rings is 1. The lowest BCUT2D eigenvalue weighted by atomic mass is 10.3. The number of aliphatic hydroxyl groups excluding tert-OH is 1. The van der Waals surface area contributed by atoms with Crippen LogP contribution in [-0.2, 0) is 6.54 Å². The Morgan fingerprint density at radius 2 is 2.12 bits per heavy atom. The maximum absolute atomic E-state index is 12.6. The van der Waals surface area contributed by atoms with Crippen LogP contribution in [0.3, 0.4) is 0 Å². The summed E-state index contributed by atoms with van der Waals surface area (Å²) in [5.74, 6) is 0.229. The minimum Gasteiger partial charge on any atom is -0.491 e. The van der Waals surface area contributed by atoms with E-state index in [9.17, 15) is 9.50 Å². The van der Waals surface area contributed by atoms with E-state index in [0.717, 1.165) is 0 Å². The highest BCUT2D eigenvalue weighted by Gasteiger charge is 2.06. The van der Waals surface area contributed by atoms with Gasteiger partial charge in [0.1, 0.15) is 24.3 Å². The van der Waals surface area contributed by atoms with Gasteiger partial charge in [-0.25, -0.2) is 9.37 Å². The first-order valence-electron chi connectivity index (χ1n) is 5.26. The fourth-order valence-electron chi connectivity index (χ4n) is 1.41. The molecule has 1 atom stereocenters. The first-order valence-corrected chi connectivity index (χ1v) is 5.26. The molecule has 0 aliphatic rings. The van der Waals surface area contributed by atoms with Crippen molar-refractivity contribution in [3.8, 4) is 5.75 Å². The Balaban J connectivity index is 1.79. The van der Waals surface area contributed by atoms with Crippen molar-refractivity contribution in [2.75, 3.05) is 6.61 Å². The predicted octanol–water partition coefficient (Wildman–Crippen LogP) is 1.46. The third-order valence-electron chi connectivity index (χ3n) is 2.24. The van der Waals surface area contributed by atoms with Crippen LogP contribution in [0.2, 0.25) is 0 Å². The van der Waals surface area contributed by atoms with Gasteiger partial charge in [0.05, 0.1) is 12.9 Å². The minimum absolute atomic E-state index is 0.157. The van der Waals surface area contributed by atoms with Crippen LogP contribution in [0.5, 0.6) is 5.75 Å². The summed E-state index contributed by atoms with van der Waals surface area (Å²) < 4.78 is 19.7. The summed E-state index contributed by atoms with van der Waals surface area (Å²) >= 11 is 0. The summed E-state index contributed by atoms with van der Waals surface area (Å²) in [5, 5.41) is 9.69. The molecule has 0 spiro atoms. The Kier molecular flexibility index (Phi) is 3.72. The summed E-state index contributed by atoms with van der Waals surface area (Å²) in [4.78, 5) is 3.87. The lowest BCUT2D eigenvalue weighted by Gasteiger charge is -2.12. The molecule has 2 aromatic rings. The van der Waals surface area contributed by atoms with E-state index in [1.165, 1.54) is 24.3 Å². The van der Waals surface area contributed by atoms with Gasteiger partial charge in [0, 0.05) is 12.4 Å². The smallest absolute Gasteiger partial charge is 0.123 e. The SMILES string of the molecule is O[C@@H](COc1ccc(F)cc1)Cn1ccnc1. The number of benzene rings is 1. The van der Waals surface area contributed by atoms with E-state index in [-0.39, 0.29) is 12.4 Å². The molecule has 0 saturated heterocycles. The minimum atomic E-state index is -0.630. The molecule has 0 saturated carbocycles. The molecule has 1 aromatic heterocycles. The molecule has 0 amide bonds. The van der Waals surface area contributed by atoms with E-state index in [1.807, 2.05) is 0 Å². The van der Waals surface area contributed by atoms with Gasteiger partial charge in [-0.15, -0.1) is 0 Å². The van der Waals surface area contributed by atoms with Gasteiger partial charge in [0.25, 0.3) is 0 Å². The van der Waals surface area contributed by atoms with Gasteiger partial charge in [-0.05, 0) is 24.3 Å². The van der Waals surface area contributed by atoms with Crippen LogP contribution in [0.15, 0.2) is 43.0 Å². The zero-order chi connectivity index (χ0) is 12.1. The average molecular weight is 236 g/mol. The lowest BCUT2D eigenvalue weighted by molar-refractivity contribution is 0.0924. The highest BCUT2D eigenvalue weighted by molar-refractivity contribution is 5.22. The highest BCUT2D eigenvalue weighted by Crippen LogP contribution is 2.11. The molecule has 1 heterocycles. The maximum Gasteiger partial charge on any atom is 0.123 e. The summed E-state index contributed by atoms with van der Waals surface area (Å²) in [6.07, 6.45) is 4.41. The third kappa shape index (κ3) is 3.57. The van der Waals surface area contributed by atoms with E-state index < -0.39 is 6.10 Å². The van der Waals surface area contributed by atoms with E-state index in [0.29, 0.717) is 12.3 Å². The van der Waals surface area contributed by atoms with E-state index in [4.69, 9.17) is 4.74 Å². The number of hydrogen-bond donors (Lipinski definition) is 1. The van der Waals surface area contributed by atoms with Crippen LogP contribution in [0, 0.1) is 5.82 Å². The number of aliphatic hydroxyl groups is 1. The molecule has 2 rings (SSSR count). The van der Waals surface area contributed by atoms with Crippen molar-refractivity contribution in [2.45, 2.75) is 12.6 Å². The topological polar surface area (TPSA) is 47.3 Å². The standard InChI is InChI=1S/C12H13FN2O2/c13-10-1-3-12(4-2-10)17-8-11(16)7-15-6-5-14-9-15/h1-6,9,11,16H,7-8H2/t11-/m1/s1. The molecule has 0 aliphatic heterocycles. The molecular formula is C12H13FN2O2. The predicted molar refractivity (Wildman–Crippen MR) is 60.1 cm³/mol.